The molecule has 1 aromatic rings. The van der Waals surface area contributed by atoms with Gasteiger partial charge >= 0.3 is 0 Å². The maximum atomic E-state index is 5.51. The number of halogens is 1. The number of ether oxygens (including phenoxy) is 1. The molecular formula is C14H20ClNO. The van der Waals surface area contributed by atoms with Crippen LogP contribution in [0.4, 0.5) is 0 Å². The average Bonchev–Trinajstić information content (AvgIpc) is 2.29. The van der Waals surface area contributed by atoms with Crippen molar-refractivity contribution < 1.29 is 4.74 Å². The van der Waals surface area contributed by atoms with Gasteiger partial charge in [0.25, 0.3) is 0 Å². The first-order chi connectivity index (χ1) is 7.79. The Kier molecular flexibility index (Phi) is 3.64. The summed E-state index contributed by atoms with van der Waals surface area (Å²) in [6.45, 7) is 2.26. The highest BCUT2D eigenvalue weighted by Crippen LogP contribution is 2.41. The number of aryl methyl sites for hydroxylation is 1. The lowest BCUT2D eigenvalue weighted by atomic mass is 9.77. The largest absolute Gasteiger partial charge is 0.496 e. The summed E-state index contributed by atoms with van der Waals surface area (Å²) in [4.78, 5) is 2.42. The van der Waals surface area contributed by atoms with Gasteiger partial charge in [-0.3, -0.25) is 0 Å². The fraction of sp³-hybridized carbons (Fsp3) is 0.571. The van der Waals surface area contributed by atoms with Crippen LogP contribution in [0, 0.1) is 0 Å². The molecular weight excluding hydrogens is 234 g/mol. The zero-order valence-electron chi connectivity index (χ0n) is 10.5. The summed E-state index contributed by atoms with van der Waals surface area (Å²) in [5, 5.41) is 0. The summed E-state index contributed by atoms with van der Waals surface area (Å²) in [5.74, 6) is 1.82. The maximum absolute atomic E-state index is 5.51. The van der Waals surface area contributed by atoms with Crippen LogP contribution in [-0.4, -0.2) is 25.6 Å². The minimum atomic E-state index is 0. The number of nitrogens with zero attached hydrogens (tertiary/aromatic N) is 1. The van der Waals surface area contributed by atoms with Gasteiger partial charge in [-0.05, 0) is 49.4 Å². The van der Waals surface area contributed by atoms with Crippen molar-refractivity contribution in [2.24, 2.45) is 0 Å². The van der Waals surface area contributed by atoms with E-state index in [4.69, 9.17) is 4.74 Å². The molecule has 1 aromatic carbocycles. The topological polar surface area (TPSA) is 12.5 Å². The number of likely N-dealkylation sites (N-methyl/N-ethyl adjacent to an activating group) is 1. The molecule has 1 aliphatic carbocycles. The summed E-state index contributed by atoms with van der Waals surface area (Å²) in [6, 6.07) is 4.42. The van der Waals surface area contributed by atoms with Crippen molar-refractivity contribution in [1.82, 2.24) is 4.90 Å². The SMILES string of the molecule is COc1ccc2c3c1CN(C)CC3CCC2.Cl. The number of methoxy groups -OCH3 is 1. The molecule has 0 radical (unpaired) electrons. The molecule has 2 aliphatic rings. The Balaban J connectivity index is 0.00000108. The molecule has 2 nitrogen and oxygen atoms in total. The van der Waals surface area contributed by atoms with Gasteiger partial charge in [0.05, 0.1) is 7.11 Å². The van der Waals surface area contributed by atoms with Gasteiger partial charge in [-0.15, -0.1) is 12.4 Å². The summed E-state index contributed by atoms with van der Waals surface area (Å²) >= 11 is 0. The van der Waals surface area contributed by atoms with E-state index in [9.17, 15) is 0 Å². The lowest BCUT2D eigenvalue weighted by Gasteiger charge is -2.37. The third-order valence-electron chi connectivity index (χ3n) is 3.99. The van der Waals surface area contributed by atoms with E-state index in [0.29, 0.717) is 0 Å². The van der Waals surface area contributed by atoms with Crippen LogP contribution < -0.4 is 4.74 Å². The van der Waals surface area contributed by atoms with Gasteiger partial charge < -0.3 is 9.64 Å². The molecule has 1 unspecified atom stereocenters. The van der Waals surface area contributed by atoms with Crippen LogP contribution in [0.2, 0.25) is 0 Å². The predicted molar refractivity (Wildman–Crippen MR) is 72.3 cm³/mol. The average molecular weight is 254 g/mol. The van der Waals surface area contributed by atoms with E-state index in [1.54, 1.807) is 18.2 Å². The van der Waals surface area contributed by atoms with Gasteiger partial charge in [0.2, 0.25) is 0 Å². The normalized spacial score (nSPS) is 22.6. The molecule has 0 saturated heterocycles. The van der Waals surface area contributed by atoms with Crippen LogP contribution >= 0.6 is 12.4 Å². The van der Waals surface area contributed by atoms with Crippen molar-refractivity contribution in [3.05, 3.63) is 28.8 Å². The standard InChI is InChI=1S/C14H19NO.ClH/c1-15-8-11-5-3-4-10-6-7-13(16-2)12(9-15)14(10)11;/h6-7,11H,3-5,8-9H2,1-2H3;1H. The van der Waals surface area contributed by atoms with Gasteiger partial charge in [-0.1, -0.05) is 6.07 Å². The monoisotopic (exact) mass is 253 g/mol. The second-order valence-corrected chi connectivity index (χ2v) is 5.11. The Morgan fingerprint density at radius 1 is 1.35 bits per heavy atom. The van der Waals surface area contributed by atoms with Gasteiger partial charge in [0.15, 0.2) is 0 Å². The molecule has 3 heteroatoms. The van der Waals surface area contributed by atoms with Crippen molar-refractivity contribution in [1.29, 1.82) is 0 Å². The van der Waals surface area contributed by atoms with E-state index >= 15 is 0 Å². The molecule has 3 rings (SSSR count). The minimum absolute atomic E-state index is 0. The highest BCUT2D eigenvalue weighted by atomic mass is 35.5. The van der Waals surface area contributed by atoms with Crippen LogP contribution in [0.15, 0.2) is 12.1 Å². The Morgan fingerprint density at radius 2 is 2.18 bits per heavy atom. The van der Waals surface area contributed by atoms with Crippen molar-refractivity contribution in [3.8, 4) is 5.75 Å². The van der Waals surface area contributed by atoms with E-state index in [-0.39, 0.29) is 12.4 Å². The predicted octanol–water partition coefficient (Wildman–Crippen LogP) is 2.98. The van der Waals surface area contributed by atoms with Crippen LogP contribution in [0.3, 0.4) is 0 Å². The van der Waals surface area contributed by atoms with E-state index in [2.05, 4.69) is 24.1 Å². The first kappa shape index (κ1) is 12.7. The van der Waals surface area contributed by atoms with Gasteiger partial charge in [-0.2, -0.15) is 0 Å². The summed E-state index contributed by atoms with van der Waals surface area (Å²) in [6.07, 6.45) is 3.95. The molecule has 0 spiro atoms. The van der Waals surface area contributed by atoms with Crippen LogP contribution in [0.5, 0.6) is 5.75 Å². The summed E-state index contributed by atoms with van der Waals surface area (Å²) in [5.41, 5.74) is 4.63. The first-order valence-electron chi connectivity index (χ1n) is 6.17. The van der Waals surface area contributed by atoms with Crippen molar-refractivity contribution in [2.45, 2.75) is 31.7 Å². The van der Waals surface area contributed by atoms with Gasteiger partial charge in [-0.25, -0.2) is 0 Å². The number of hydrogen-bond donors (Lipinski definition) is 0. The van der Waals surface area contributed by atoms with Crippen LogP contribution in [0.1, 0.15) is 35.4 Å². The lowest BCUT2D eigenvalue weighted by molar-refractivity contribution is 0.259. The third-order valence-corrected chi connectivity index (χ3v) is 3.99. The second kappa shape index (κ2) is 4.87. The van der Waals surface area contributed by atoms with E-state index < -0.39 is 0 Å². The van der Waals surface area contributed by atoms with Gasteiger partial charge in [0.1, 0.15) is 5.75 Å². The molecule has 17 heavy (non-hydrogen) atoms. The Morgan fingerprint density at radius 3 is 2.94 bits per heavy atom. The molecule has 0 aromatic heterocycles. The molecule has 0 bridgehead atoms. The quantitative estimate of drug-likeness (QED) is 0.763. The molecule has 1 heterocycles. The number of benzene rings is 1. The third kappa shape index (κ3) is 2.04. The van der Waals surface area contributed by atoms with E-state index in [1.165, 1.54) is 31.4 Å². The van der Waals surface area contributed by atoms with E-state index in [1.807, 2.05) is 0 Å². The molecule has 0 N–H and O–H groups in total. The second-order valence-electron chi connectivity index (χ2n) is 5.11. The highest BCUT2D eigenvalue weighted by molar-refractivity contribution is 5.85. The summed E-state index contributed by atoms with van der Waals surface area (Å²) in [7, 11) is 3.99. The minimum Gasteiger partial charge on any atom is -0.496 e. The molecule has 94 valence electrons. The zero-order chi connectivity index (χ0) is 11.1. The van der Waals surface area contributed by atoms with Crippen molar-refractivity contribution >= 4 is 12.4 Å². The van der Waals surface area contributed by atoms with Gasteiger partial charge in [0, 0.05) is 18.7 Å². The summed E-state index contributed by atoms with van der Waals surface area (Å²) < 4.78 is 5.51. The Labute approximate surface area is 109 Å². The Hall–Kier alpha value is -0.730. The highest BCUT2D eigenvalue weighted by Gasteiger charge is 2.30. The fourth-order valence-corrected chi connectivity index (χ4v) is 3.35. The molecule has 0 fully saturated rings. The maximum Gasteiger partial charge on any atom is 0.123 e. The molecule has 1 atom stereocenters. The number of hydrogen-bond acceptors (Lipinski definition) is 2. The van der Waals surface area contributed by atoms with E-state index in [0.717, 1.165) is 18.2 Å². The Bertz CT molecular complexity index is 419. The fourth-order valence-electron chi connectivity index (χ4n) is 3.35. The van der Waals surface area contributed by atoms with Crippen LogP contribution in [0.25, 0.3) is 0 Å². The van der Waals surface area contributed by atoms with Crippen molar-refractivity contribution in [3.63, 3.8) is 0 Å². The molecule has 0 saturated carbocycles. The van der Waals surface area contributed by atoms with Crippen molar-refractivity contribution in [2.75, 3.05) is 20.7 Å². The number of rotatable bonds is 1. The first-order valence-corrected chi connectivity index (χ1v) is 6.17. The molecule has 1 aliphatic heterocycles. The smallest absolute Gasteiger partial charge is 0.123 e. The zero-order valence-corrected chi connectivity index (χ0v) is 11.3. The lowest BCUT2D eigenvalue weighted by Crippen LogP contribution is -2.33. The molecule has 0 amide bonds. The van der Waals surface area contributed by atoms with Crippen LogP contribution in [-0.2, 0) is 13.0 Å².